The molecular formula is C25H26ClN3O3S. The molecule has 1 amide bonds. The van der Waals surface area contributed by atoms with Gasteiger partial charge in [-0.25, -0.2) is 13.8 Å². The van der Waals surface area contributed by atoms with E-state index < -0.39 is 15.9 Å². The summed E-state index contributed by atoms with van der Waals surface area (Å²) in [7, 11) is -3.95. The highest BCUT2D eigenvalue weighted by molar-refractivity contribution is 7.89. The number of carbonyl (C=O) groups excluding carboxylic acids is 1. The molecule has 3 rings (SSSR count). The molecule has 3 aromatic carbocycles. The van der Waals surface area contributed by atoms with Crippen molar-refractivity contribution in [3.8, 4) is 0 Å². The number of hydrogen-bond acceptors (Lipinski definition) is 4. The van der Waals surface area contributed by atoms with Gasteiger partial charge in [0, 0.05) is 11.6 Å². The van der Waals surface area contributed by atoms with Gasteiger partial charge in [-0.05, 0) is 55.2 Å². The maximum absolute atomic E-state index is 13.6. The largest absolute Gasteiger partial charge is 0.272 e. The average molecular weight is 484 g/mol. The molecule has 0 unspecified atom stereocenters. The van der Waals surface area contributed by atoms with E-state index in [9.17, 15) is 13.2 Å². The Morgan fingerprint density at radius 2 is 1.61 bits per heavy atom. The second-order valence-electron chi connectivity index (χ2n) is 7.83. The summed E-state index contributed by atoms with van der Waals surface area (Å²) < 4.78 is 28.5. The van der Waals surface area contributed by atoms with Crippen LogP contribution >= 0.6 is 11.6 Å². The van der Waals surface area contributed by atoms with E-state index in [1.54, 1.807) is 38.1 Å². The molecule has 8 heteroatoms. The van der Waals surface area contributed by atoms with Crippen molar-refractivity contribution in [2.24, 2.45) is 5.10 Å². The summed E-state index contributed by atoms with van der Waals surface area (Å²) in [5.41, 5.74) is 6.21. The van der Waals surface area contributed by atoms with Gasteiger partial charge >= 0.3 is 0 Å². The van der Waals surface area contributed by atoms with Crippen LogP contribution in [0.25, 0.3) is 0 Å². The SMILES string of the molecule is Cc1cc(C)c(S(=O)(=O)N(CC(=O)N/N=C\c2ccc(Cl)cc2)Cc2ccccc2)c(C)c1. The Balaban J connectivity index is 1.85. The molecule has 0 saturated heterocycles. The third-order valence-electron chi connectivity index (χ3n) is 5.00. The minimum Gasteiger partial charge on any atom is -0.272 e. The van der Waals surface area contributed by atoms with Gasteiger partial charge in [0.1, 0.15) is 0 Å². The molecule has 0 radical (unpaired) electrons. The fourth-order valence-corrected chi connectivity index (χ4v) is 5.56. The number of carbonyl (C=O) groups is 1. The Labute approximate surface area is 200 Å². The standard InChI is InChI=1S/C25H26ClN3O3S/c1-18-13-19(2)25(20(3)14-18)33(31,32)29(16-22-7-5-4-6-8-22)17-24(30)28-27-15-21-9-11-23(26)12-10-21/h4-15H,16-17H2,1-3H3,(H,28,30)/b27-15-. The molecule has 33 heavy (non-hydrogen) atoms. The van der Waals surface area contributed by atoms with Crippen LogP contribution in [0.4, 0.5) is 0 Å². The van der Waals surface area contributed by atoms with Gasteiger partial charge in [0.25, 0.3) is 5.91 Å². The molecule has 0 aliphatic heterocycles. The minimum atomic E-state index is -3.95. The summed E-state index contributed by atoms with van der Waals surface area (Å²) in [6.45, 7) is 5.14. The number of aryl methyl sites for hydroxylation is 3. The first-order valence-electron chi connectivity index (χ1n) is 10.4. The molecule has 0 atom stereocenters. The first-order chi connectivity index (χ1) is 15.7. The molecule has 0 saturated carbocycles. The summed E-state index contributed by atoms with van der Waals surface area (Å²) in [5, 5.41) is 4.54. The number of sulfonamides is 1. The number of nitrogens with zero attached hydrogens (tertiary/aromatic N) is 2. The topological polar surface area (TPSA) is 78.8 Å². The predicted molar refractivity (Wildman–Crippen MR) is 132 cm³/mol. The fourth-order valence-electron chi connectivity index (χ4n) is 3.64. The first kappa shape index (κ1) is 24.6. The van der Waals surface area contributed by atoms with Crippen molar-refractivity contribution in [1.82, 2.24) is 9.73 Å². The molecule has 172 valence electrons. The fraction of sp³-hybridized carbons (Fsp3) is 0.200. The van der Waals surface area contributed by atoms with Gasteiger partial charge in [-0.3, -0.25) is 4.79 Å². The quantitative estimate of drug-likeness (QED) is 0.375. The first-order valence-corrected chi connectivity index (χ1v) is 12.2. The second kappa shape index (κ2) is 10.7. The zero-order chi connectivity index (χ0) is 24.0. The molecule has 3 aromatic rings. The summed E-state index contributed by atoms with van der Waals surface area (Å²) >= 11 is 5.87. The van der Waals surface area contributed by atoms with Gasteiger partial charge in [0.2, 0.25) is 10.0 Å². The van der Waals surface area contributed by atoms with E-state index in [1.165, 1.54) is 10.5 Å². The van der Waals surface area contributed by atoms with E-state index in [-0.39, 0.29) is 18.0 Å². The molecule has 1 N–H and O–H groups in total. The van der Waals surface area contributed by atoms with Crippen molar-refractivity contribution in [3.05, 3.63) is 99.6 Å². The molecule has 0 aliphatic rings. The summed E-state index contributed by atoms with van der Waals surface area (Å²) in [5.74, 6) is -0.540. The van der Waals surface area contributed by atoms with E-state index in [4.69, 9.17) is 11.6 Å². The monoisotopic (exact) mass is 483 g/mol. The van der Waals surface area contributed by atoms with Crippen molar-refractivity contribution >= 4 is 33.7 Å². The van der Waals surface area contributed by atoms with E-state index in [0.717, 1.165) is 16.7 Å². The third-order valence-corrected chi connectivity index (χ3v) is 7.35. The molecule has 0 aliphatic carbocycles. The Bertz CT molecular complexity index is 1230. The second-order valence-corrected chi connectivity index (χ2v) is 10.1. The van der Waals surface area contributed by atoms with Gasteiger partial charge in [-0.15, -0.1) is 0 Å². The third kappa shape index (κ3) is 6.51. The van der Waals surface area contributed by atoms with Crippen LogP contribution in [0, 0.1) is 20.8 Å². The lowest BCUT2D eigenvalue weighted by atomic mass is 10.1. The van der Waals surface area contributed by atoms with Crippen LogP contribution in [0.15, 0.2) is 76.7 Å². The Kier molecular flexibility index (Phi) is 8.02. The summed E-state index contributed by atoms with van der Waals surface area (Å²) in [4.78, 5) is 12.9. The van der Waals surface area contributed by atoms with Crippen LogP contribution in [0.3, 0.4) is 0 Å². The lowest BCUT2D eigenvalue weighted by Crippen LogP contribution is -2.39. The van der Waals surface area contributed by atoms with Gasteiger partial charge in [-0.1, -0.05) is 71.8 Å². The molecule has 6 nitrogen and oxygen atoms in total. The highest BCUT2D eigenvalue weighted by Gasteiger charge is 2.29. The number of nitrogens with one attached hydrogen (secondary N) is 1. The molecule has 0 spiro atoms. The molecular weight excluding hydrogens is 458 g/mol. The smallest absolute Gasteiger partial charge is 0.255 e. The average Bonchev–Trinajstić information content (AvgIpc) is 2.74. The van der Waals surface area contributed by atoms with E-state index in [0.29, 0.717) is 16.1 Å². The van der Waals surface area contributed by atoms with Gasteiger partial charge < -0.3 is 0 Å². The number of amides is 1. The van der Waals surface area contributed by atoms with Crippen LogP contribution in [0.1, 0.15) is 27.8 Å². The summed E-state index contributed by atoms with van der Waals surface area (Å²) in [6, 6.07) is 19.8. The van der Waals surface area contributed by atoms with Gasteiger partial charge in [0.15, 0.2) is 0 Å². The van der Waals surface area contributed by atoms with E-state index >= 15 is 0 Å². The number of rotatable bonds is 8. The lowest BCUT2D eigenvalue weighted by molar-refractivity contribution is -0.121. The Morgan fingerprint density at radius 3 is 2.21 bits per heavy atom. The Hall–Kier alpha value is -3.00. The van der Waals surface area contributed by atoms with Crippen molar-refractivity contribution in [3.63, 3.8) is 0 Å². The van der Waals surface area contributed by atoms with Crippen LogP contribution in [0.5, 0.6) is 0 Å². The zero-order valence-corrected chi connectivity index (χ0v) is 20.3. The predicted octanol–water partition coefficient (Wildman–Crippen LogP) is 4.61. The number of hydrazone groups is 1. The van der Waals surface area contributed by atoms with Crippen LogP contribution in [-0.4, -0.2) is 31.4 Å². The van der Waals surface area contributed by atoms with Crippen molar-refractivity contribution < 1.29 is 13.2 Å². The lowest BCUT2D eigenvalue weighted by Gasteiger charge is -2.24. The zero-order valence-electron chi connectivity index (χ0n) is 18.7. The molecule has 0 fully saturated rings. The summed E-state index contributed by atoms with van der Waals surface area (Å²) in [6.07, 6.45) is 1.47. The van der Waals surface area contributed by atoms with Crippen LogP contribution < -0.4 is 5.43 Å². The highest BCUT2D eigenvalue weighted by atomic mass is 35.5. The van der Waals surface area contributed by atoms with Crippen molar-refractivity contribution in [2.75, 3.05) is 6.54 Å². The van der Waals surface area contributed by atoms with Crippen molar-refractivity contribution in [2.45, 2.75) is 32.2 Å². The maximum Gasteiger partial charge on any atom is 0.255 e. The number of hydrogen-bond donors (Lipinski definition) is 1. The highest BCUT2D eigenvalue weighted by Crippen LogP contribution is 2.26. The van der Waals surface area contributed by atoms with E-state index in [2.05, 4.69) is 10.5 Å². The van der Waals surface area contributed by atoms with Gasteiger partial charge in [-0.2, -0.15) is 9.41 Å². The molecule has 0 aromatic heterocycles. The Morgan fingerprint density at radius 1 is 1.00 bits per heavy atom. The number of halogens is 1. The van der Waals surface area contributed by atoms with E-state index in [1.807, 2.05) is 49.4 Å². The molecule has 0 heterocycles. The minimum absolute atomic E-state index is 0.0598. The maximum atomic E-state index is 13.6. The van der Waals surface area contributed by atoms with Crippen LogP contribution in [-0.2, 0) is 21.4 Å². The number of benzene rings is 3. The van der Waals surface area contributed by atoms with Crippen molar-refractivity contribution in [1.29, 1.82) is 0 Å². The van der Waals surface area contributed by atoms with Crippen LogP contribution in [0.2, 0.25) is 5.02 Å². The molecule has 0 bridgehead atoms. The normalized spacial score (nSPS) is 11.8. The van der Waals surface area contributed by atoms with Gasteiger partial charge in [0.05, 0.1) is 17.7 Å².